The number of hydrogen-bond acceptors (Lipinski definition) is 8. The highest BCUT2D eigenvalue weighted by Crippen LogP contribution is 2.38. The molecule has 5 rings (SSSR count). The lowest BCUT2D eigenvalue weighted by molar-refractivity contribution is -0.384. The summed E-state index contributed by atoms with van der Waals surface area (Å²) >= 11 is 0. The SMILES string of the molecule is COc1ccc(-c2nc3n(n2)C(c2cccc([N+](=O)[O-])c2)C(C(=O)Nc2ccccc2)=C(C)N3)cc1OC. The number of allylic oxidation sites excluding steroid dienone is 1. The van der Waals surface area contributed by atoms with E-state index in [-0.39, 0.29) is 11.6 Å². The second-order valence-electron chi connectivity index (χ2n) is 8.51. The number of anilines is 2. The van der Waals surface area contributed by atoms with Crippen LogP contribution in [0.25, 0.3) is 11.4 Å². The number of fused-ring (bicyclic) bond motifs is 1. The van der Waals surface area contributed by atoms with Crippen LogP contribution in [0.15, 0.2) is 84.1 Å². The van der Waals surface area contributed by atoms with E-state index in [4.69, 9.17) is 14.6 Å². The smallest absolute Gasteiger partial charge is 0.269 e. The normalized spacial score (nSPS) is 14.3. The Kier molecular flexibility index (Phi) is 6.48. The molecule has 1 atom stereocenters. The highest BCUT2D eigenvalue weighted by molar-refractivity contribution is 6.06. The number of nitrogens with one attached hydrogen (secondary N) is 2. The Labute approximate surface area is 217 Å². The fourth-order valence-electron chi connectivity index (χ4n) is 4.38. The van der Waals surface area contributed by atoms with Crippen LogP contribution in [0.4, 0.5) is 17.3 Å². The van der Waals surface area contributed by atoms with Crippen LogP contribution in [-0.4, -0.2) is 39.8 Å². The number of non-ortho nitro benzene ring substituents is 1. The fourth-order valence-corrected chi connectivity index (χ4v) is 4.38. The summed E-state index contributed by atoms with van der Waals surface area (Å²) in [5.74, 6) is 1.47. The van der Waals surface area contributed by atoms with Crippen LogP contribution in [0.1, 0.15) is 18.5 Å². The third-order valence-corrected chi connectivity index (χ3v) is 6.17. The molecule has 1 unspecified atom stereocenters. The third-order valence-electron chi connectivity index (χ3n) is 6.17. The van der Waals surface area contributed by atoms with Gasteiger partial charge in [-0.25, -0.2) is 4.68 Å². The third kappa shape index (κ3) is 4.52. The average Bonchev–Trinajstić information content (AvgIpc) is 3.36. The number of amides is 1. The largest absolute Gasteiger partial charge is 0.493 e. The predicted molar refractivity (Wildman–Crippen MR) is 141 cm³/mol. The highest BCUT2D eigenvalue weighted by Gasteiger charge is 2.35. The van der Waals surface area contributed by atoms with Crippen LogP contribution in [0.3, 0.4) is 0 Å². The summed E-state index contributed by atoms with van der Waals surface area (Å²) in [7, 11) is 3.09. The minimum Gasteiger partial charge on any atom is -0.493 e. The number of para-hydroxylation sites is 1. The number of hydrogen-bond donors (Lipinski definition) is 2. The maximum atomic E-state index is 13.6. The quantitative estimate of drug-likeness (QED) is 0.267. The van der Waals surface area contributed by atoms with Crippen molar-refractivity contribution >= 4 is 23.2 Å². The summed E-state index contributed by atoms with van der Waals surface area (Å²) in [5, 5.41) is 22.4. The Morgan fingerprint density at radius 1 is 1.03 bits per heavy atom. The van der Waals surface area contributed by atoms with Crippen molar-refractivity contribution in [3.63, 3.8) is 0 Å². The molecule has 0 saturated heterocycles. The van der Waals surface area contributed by atoms with Gasteiger partial charge in [0.05, 0.1) is 24.7 Å². The van der Waals surface area contributed by atoms with Crippen molar-refractivity contribution in [2.45, 2.75) is 13.0 Å². The number of carbonyl (C=O) groups is 1. The first-order valence-electron chi connectivity index (χ1n) is 11.7. The van der Waals surface area contributed by atoms with E-state index in [1.165, 1.54) is 19.2 Å². The topological polar surface area (TPSA) is 133 Å². The molecule has 0 aliphatic carbocycles. The number of ether oxygens (including phenoxy) is 2. The first kappa shape index (κ1) is 24.5. The van der Waals surface area contributed by atoms with Gasteiger partial charge in [-0.1, -0.05) is 30.3 Å². The van der Waals surface area contributed by atoms with Crippen LogP contribution >= 0.6 is 0 Å². The molecule has 11 nitrogen and oxygen atoms in total. The fraction of sp³-hybridized carbons (Fsp3) is 0.148. The zero-order valence-corrected chi connectivity index (χ0v) is 20.8. The molecule has 2 heterocycles. The summed E-state index contributed by atoms with van der Waals surface area (Å²) in [6.45, 7) is 1.76. The minimum absolute atomic E-state index is 0.0942. The van der Waals surface area contributed by atoms with Gasteiger partial charge in [-0.2, -0.15) is 4.98 Å². The number of aromatic nitrogens is 3. The van der Waals surface area contributed by atoms with Crippen LogP contribution in [0.5, 0.6) is 11.5 Å². The molecule has 1 aliphatic rings. The zero-order valence-electron chi connectivity index (χ0n) is 20.8. The van der Waals surface area contributed by atoms with Crippen molar-refractivity contribution in [3.05, 3.63) is 99.7 Å². The summed E-state index contributed by atoms with van der Waals surface area (Å²) in [6.07, 6.45) is 0. The van der Waals surface area contributed by atoms with Gasteiger partial charge in [-0.05, 0) is 42.8 Å². The molecule has 0 bridgehead atoms. The van der Waals surface area contributed by atoms with Crippen molar-refractivity contribution < 1.29 is 19.2 Å². The summed E-state index contributed by atoms with van der Waals surface area (Å²) < 4.78 is 12.3. The maximum absolute atomic E-state index is 13.6. The number of nitro groups is 1. The highest BCUT2D eigenvalue weighted by atomic mass is 16.6. The van der Waals surface area contributed by atoms with E-state index in [1.807, 2.05) is 18.2 Å². The lowest BCUT2D eigenvalue weighted by Crippen LogP contribution is -2.31. The second kappa shape index (κ2) is 10.1. The molecule has 0 saturated carbocycles. The Hall–Kier alpha value is -5.19. The van der Waals surface area contributed by atoms with E-state index >= 15 is 0 Å². The van der Waals surface area contributed by atoms with E-state index < -0.39 is 11.0 Å². The van der Waals surface area contributed by atoms with Crippen molar-refractivity contribution in [1.29, 1.82) is 0 Å². The molecule has 1 amide bonds. The molecular weight excluding hydrogens is 488 g/mol. The molecule has 38 heavy (non-hydrogen) atoms. The standard InChI is InChI=1S/C27H24N6O5/c1-16-23(26(34)29-19-9-5-4-6-10-19)24(17-8-7-11-20(14-17)33(35)36)32-27(28-16)30-25(31-32)18-12-13-21(37-2)22(15-18)38-3/h4-15,24H,1-3H3,(H,29,34)(H,28,30,31). The predicted octanol–water partition coefficient (Wildman–Crippen LogP) is 4.80. The van der Waals surface area contributed by atoms with Gasteiger partial charge in [0.2, 0.25) is 5.95 Å². The molecule has 11 heteroatoms. The first-order chi connectivity index (χ1) is 18.4. The Morgan fingerprint density at radius 2 is 1.79 bits per heavy atom. The molecule has 1 aliphatic heterocycles. The van der Waals surface area contributed by atoms with Gasteiger partial charge in [0, 0.05) is 29.1 Å². The number of benzene rings is 3. The minimum atomic E-state index is -0.781. The number of carbonyl (C=O) groups excluding carboxylic acids is 1. The van der Waals surface area contributed by atoms with Gasteiger partial charge in [0.15, 0.2) is 17.3 Å². The van der Waals surface area contributed by atoms with E-state index in [2.05, 4.69) is 15.6 Å². The van der Waals surface area contributed by atoms with Crippen molar-refractivity contribution in [2.75, 3.05) is 24.9 Å². The van der Waals surface area contributed by atoms with Crippen molar-refractivity contribution in [2.24, 2.45) is 0 Å². The zero-order chi connectivity index (χ0) is 26.8. The summed E-state index contributed by atoms with van der Waals surface area (Å²) in [5.41, 5.74) is 2.61. The molecule has 192 valence electrons. The monoisotopic (exact) mass is 512 g/mol. The molecule has 3 aromatic carbocycles. The van der Waals surface area contributed by atoms with E-state index in [0.717, 1.165) is 0 Å². The molecule has 1 aromatic heterocycles. The Balaban J connectivity index is 1.63. The van der Waals surface area contributed by atoms with Gasteiger partial charge in [-0.3, -0.25) is 14.9 Å². The van der Waals surface area contributed by atoms with Crippen molar-refractivity contribution in [3.8, 4) is 22.9 Å². The first-order valence-corrected chi connectivity index (χ1v) is 11.7. The van der Waals surface area contributed by atoms with Gasteiger partial charge in [0.25, 0.3) is 11.6 Å². The average molecular weight is 513 g/mol. The lowest BCUT2D eigenvalue weighted by atomic mass is 9.94. The molecular formula is C27H24N6O5. The van der Waals surface area contributed by atoms with Crippen LogP contribution in [0.2, 0.25) is 0 Å². The number of rotatable bonds is 7. The van der Waals surface area contributed by atoms with Gasteiger partial charge in [-0.15, -0.1) is 5.10 Å². The van der Waals surface area contributed by atoms with E-state index in [0.29, 0.717) is 51.4 Å². The molecule has 4 aromatic rings. The second-order valence-corrected chi connectivity index (χ2v) is 8.51. The number of nitro benzene ring substituents is 1. The van der Waals surface area contributed by atoms with Crippen molar-refractivity contribution in [1.82, 2.24) is 14.8 Å². The maximum Gasteiger partial charge on any atom is 0.269 e. The number of methoxy groups -OCH3 is 2. The van der Waals surface area contributed by atoms with Gasteiger partial charge < -0.3 is 20.1 Å². The van der Waals surface area contributed by atoms with E-state index in [1.54, 1.807) is 61.2 Å². The Bertz CT molecular complexity index is 1560. The molecule has 0 spiro atoms. The molecule has 0 fully saturated rings. The van der Waals surface area contributed by atoms with Crippen LogP contribution in [0, 0.1) is 10.1 Å². The number of nitrogens with zero attached hydrogens (tertiary/aromatic N) is 4. The summed E-state index contributed by atoms with van der Waals surface area (Å²) in [4.78, 5) is 29.3. The molecule has 0 radical (unpaired) electrons. The van der Waals surface area contributed by atoms with Gasteiger partial charge >= 0.3 is 0 Å². The Morgan fingerprint density at radius 3 is 2.50 bits per heavy atom. The van der Waals surface area contributed by atoms with Gasteiger partial charge in [0.1, 0.15) is 6.04 Å². The van der Waals surface area contributed by atoms with E-state index in [9.17, 15) is 14.9 Å². The van der Waals surface area contributed by atoms with Crippen LogP contribution in [-0.2, 0) is 4.79 Å². The molecule has 2 N–H and O–H groups in total. The van der Waals surface area contributed by atoms with Crippen LogP contribution < -0.4 is 20.1 Å². The lowest BCUT2D eigenvalue weighted by Gasteiger charge is -2.28. The summed E-state index contributed by atoms with van der Waals surface area (Å²) in [6, 6.07) is 19.7.